The molecule has 5 N–H and O–H groups in total. The van der Waals surface area contributed by atoms with Crippen LogP contribution < -0.4 is 20.5 Å². The van der Waals surface area contributed by atoms with Crippen molar-refractivity contribution < 1.29 is 18.9 Å². The number of aromatic nitrogens is 1. The van der Waals surface area contributed by atoms with Crippen LogP contribution in [0.15, 0.2) is 12.1 Å². The summed E-state index contributed by atoms with van der Waals surface area (Å²) in [5.41, 5.74) is 0.597. The van der Waals surface area contributed by atoms with Gasteiger partial charge in [0.2, 0.25) is 0 Å². The van der Waals surface area contributed by atoms with Crippen LogP contribution in [0.4, 0.5) is 0 Å². The maximum atomic E-state index is 11.8. The van der Waals surface area contributed by atoms with Crippen LogP contribution in [0.2, 0.25) is 0 Å². The maximum absolute atomic E-state index is 11.8. The molecule has 5 atom stereocenters. The minimum atomic E-state index is -4.76. The lowest BCUT2D eigenvalue weighted by atomic mass is 9.82. The van der Waals surface area contributed by atoms with E-state index in [2.05, 4.69) is 29.8 Å². The summed E-state index contributed by atoms with van der Waals surface area (Å²) in [4.78, 5) is 24.2. The number of nitrogens with one attached hydrogen (secondary N) is 3. The number of rotatable bonds is 4. The Morgan fingerprint density at radius 3 is 2.30 bits per heavy atom. The molecule has 2 aliphatic carbocycles. The number of phosphoric ester groups is 1. The highest BCUT2D eigenvalue weighted by Crippen LogP contribution is 2.45. The van der Waals surface area contributed by atoms with E-state index in [0.717, 1.165) is 45.2 Å². The van der Waals surface area contributed by atoms with Gasteiger partial charge in [-0.2, -0.15) is 0 Å². The zero-order valence-electron chi connectivity index (χ0n) is 21.8. The normalized spacial score (nSPS) is 31.9. The highest BCUT2D eigenvalue weighted by molar-refractivity contribution is 7.46. The number of fused-ring (bicyclic) bond motifs is 4. The topological polar surface area (TPSA) is 119 Å². The molecule has 3 aliphatic rings. The largest absolute Gasteiger partial charge is 0.524 e. The molecule has 2 heterocycles. The summed E-state index contributed by atoms with van der Waals surface area (Å²) in [5, 5.41) is 11.0. The van der Waals surface area contributed by atoms with E-state index >= 15 is 0 Å². The van der Waals surface area contributed by atoms with E-state index < -0.39 is 13.4 Å². The van der Waals surface area contributed by atoms with Gasteiger partial charge in [0, 0.05) is 49.9 Å². The lowest BCUT2D eigenvalue weighted by Crippen LogP contribution is -2.60. The number of alkyl halides is 1. The van der Waals surface area contributed by atoms with Crippen LogP contribution in [0.1, 0.15) is 83.0 Å². The quantitative estimate of drug-likeness (QED) is 0.204. The molecular formula is C25H42Cl2N5O4P. The zero-order chi connectivity index (χ0) is 26.6. The Morgan fingerprint density at radius 1 is 1.03 bits per heavy atom. The van der Waals surface area contributed by atoms with Crippen LogP contribution in [0.3, 0.4) is 0 Å². The second-order valence-electron chi connectivity index (χ2n) is 10.6. The monoisotopic (exact) mass is 577 g/mol. The van der Waals surface area contributed by atoms with Gasteiger partial charge in [-0.05, 0) is 50.3 Å². The Morgan fingerprint density at radius 2 is 1.65 bits per heavy atom. The number of halogens is 2. The van der Waals surface area contributed by atoms with Crippen molar-refractivity contribution in [2.45, 2.75) is 113 Å². The first-order valence-corrected chi connectivity index (χ1v) is 16.0. The predicted octanol–water partition coefficient (Wildman–Crippen LogP) is 4.15. The molecule has 1 aliphatic heterocycles. The number of phosphoric acid groups is 1. The molecule has 2 bridgehead atoms. The van der Waals surface area contributed by atoms with Crippen LogP contribution in [-0.4, -0.2) is 61.8 Å². The molecule has 2 fully saturated rings. The van der Waals surface area contributed by atoms with Crippen molar-refractivity contribution in [1.29, 1.82) is 0 Å². The van der Waals surface area contributed by atoms with Crippen LogP contribution in [0.5, 0.6) is 5.75 Å². The zero-order valence-corrected chi connectivity index (χ0v) is 24.2. The van der Waals surface area contributed by atoms with Gasteiger partial charge in [0.05, 0.1) is 28.3 Å². The number of pyridine rings is 1. The van der Waals surface area contributed by atoms with Crippen LogP contribution in [0.25, 0.3) is 0 Å². The molecule has 0 spiro atoms. The lowest BCUT2D eigenvalue weighted by molar-refractivity contribution is 0.0827. The van der Waals surface area contributed by atoms with Gasteiger partial charge in [-0.15, -0.1) is 11.6 Å². The van der Waals surface area contributed by atoms with E-state index in [0.29, 0.717) is 36.8 Å². The van der Waals surface area contributed by atoms with Crippen molar-refractivity contribution >= 4 is 31.2 Å². The average Bonchev–Trinajstić information content (AvgIpc) is 2.85. The van der Waals surface area contributed by atoms with E-state index in [-0.39, 0.29) is 29.3 Å². The van der Waals surface area contributed by atoms with Crippen molar-refractivity contribution in [3.63, 3.8) is 0 Å². The summed E-state index contributed by atoms with van der Waals surface area (Å²) >= 11 is 14.2. The maximum Gasteiger partial charge on any atom is 0.524 e. The van der Waals surface area contributed by atoms with E-state index in [1.54, 1.807) is 12.1 Å². The molecule has 9 nitrogen and oxygen atoms in total. The molecule has 0 amide bonds. The van der Waals surface area contributed by atoms with Gasteiger partial charge >= 0.3 is 7.82 Å². The van der Waals surface area contributed by atoms with Gasteiger partial charge in [-0.1, -0.05) is 33.1 Å². The van der Waals surface area contributed by atoms with Crippen molar-refractivity contribution in [1.82, 2.24) is 25.4 Å². The van der Waals surface area contributed by atoms with Gasteiger partial charge in [-0.3, -0.25) is 14.8 Å². The molecular weight excluding hydrogens is 536 g/mol. The van der Waals surface area contributed by atoms with Gasteiger partial charge in [0.1, 0.15) is 5.75 Å². The second kappa shape index (κ2) is 12.8. The average molecular weight is 579 g/mol. The Balaban J connectivity index is 1.79. The summed E-state index contributed by atoms with van der Waals surface area (Å²) in [6, 6.07) is 3.86. The fourth-order valence-electron chi connectivity index (χ4n) is 6.41. The van der Waals surface area contributed by atoms with Gasteiger partial charge in [0.15, 0.2) is 0 Å². The smallest absolute Gasteiger partial charge is 0.404 e. The molecule has 4 rings (SSSR count). The molecule has 210 valence electrons. The van der Waals surface area contributed by atoms with Crippen molar-refractivity contribution in [3.05, 3.63) is 23.5 Å². The van der Waals surface area contributed by atoms with Gasteiger partial charge in [-0.25, -0.2) is 8.98 Å². The minimum Gasteiger partial charge on any atom is -0.404 e. The summed E-state index contributed by atoms with van der Waals surface area (Å²) < 4.78 is 18.7. The molecule has 0 radical (unpaired) electrons. The molecule has 37 heavy (non-hydrogen) atoms. The Labute approximate surface area is 230 Å². The Kier molecular flexibility index (Phi) is 10.2. The van der Waals surface area contributed by atoms with Crippen molar-refractivity contribution in [3.8, 4) is 5.75 Å². The number of hydrogen-bond acceptors (Lipinski definition) is 7. The predicted molar refractivity (Wildman–Crippen MR) is 147 cm³/mol. The molecule has 1 aromatic heterocycles. The Bertz CT molecular complexity index is 950. The van der Waals surface area contributed by atoms with Gasteiger partial charge in [0.25, 0.3) is 0 Å². The fraction of sp³-hybridized carbons (Fsp3) is 0.800. The van der Waals surface area contributed by atoms with Crippen LogP contribution in [0, 0.1) is 0 Å². The summed E-state index contributed by atoms with van der Waals surface area (Å²) in [6.45, 7) is 6.28. The molecule has 0 aromatic carbocycles. The number of nitrogens with zero attached hydrogens (tertiary/aromatic N) is 2. The first kappa shape index (κ1) is 29.5. The third-order valence-electron chi connectivity index (χ3n) is 8.42. The first-order valence-electron chi connectivity index (χ1n) is 13.7. The van der Waals surface area contributed by atoms with E-state index in [1.165, 1.54) is 12.8 Å². The third-order valence-corrected chi connectivity index (χ3v) is 9.89. The molecule has 12 heteroatoms. The van der Waals surface area contributed by atoms with Crippen LogP contribution in [-0.2, 0) is 16.6 Å². The Hall–Kier alpha value is -0.480. The molecule has 1 aromatic rings. The molecule has 1 unspecified atom stereocenters. The fourth-order valence-corrected chi connectivity index (χ4v) is 7.89. The van der Waals surface area contributed by atoms with Crippen molar-refractivity contribution in [2.24, 2.45) is 0 Å². The van der Waals surface area contributed by atoms with Gasteiger partial charge < -0.3 is 20.5 Å². The second-order valence-corrected chi connectivity index (χ2v) is 12.7. The summed E-state index contributed by atoms with van der Waals surface area (Å²) in [7, 11) is -4.76. The summed E-state index contributed by atoms with van der Waals surface area (Å²) in [6.07, 6.45) is 8.73. The third kappa shape index (κ3) is 7.00. The minimum absolute atomic E-state index is 0.0925. The van der Waals surface area contributed by atoms with Crippen molar-refractivity contribution in [2.75, 3.05) is 13.1 Å². The van der Waals surface area contributed by atoms with E-state index in [1.807, 2.05) is 4.42 Å². The summed E-state index contributed by atoms with van der Waals surface area (Å²) in [5.74, 6) is 0.0925. The van der Waals surface area contributed by atoms with Crippen LogP contribution >= 0.6 is 31.2 Å². The standard InChI is InChI=1S/C25H42Cl2N5O4P/c1-3-25(4-2)23-15-18(36-37(33,34)35)14-17(31-23)16-30-21-10-6-5-9-20(21)28-12-13-29-22-11-7-8-19(26)24(22)32(25)27/h14-15,19-22,24,28-30H,3-13,16H2,1-2H3,(H2,33,34,35)/t19?,20-,21-,22-,24-/m1/s1. The molecule has 0 saturated heterocycles. The molecule has 2 saturated carbocycles. The highest BCUT2D eigenvalue weighted by Gasteiger charge is 2.46. The highest BCUT2D eigenvalue weighted by atomic mass is 35.5. The number of hydrogen-bond donors (Lipinski definition) is 5. The SMILES string of the molecule is CCC1(CC)c2cc(OP(=O)(O)O)cc(n2)CN[C@@H]2CCCC[C@H]2NCCN[C@@H]2CCCC(Cl)[C@H]2N1Cl. The lowest BCUT2D eigenvalue weighted by Gasteiger charge is -2.48. The van der Waals surface area contributed by atoms with E-state index in [4.69, 9.17) is 32.9 Å². The van der Waals surface area contributed by atoms with E-state index in [9.17, 15) is 14.4 Å². The first-order chi connectivity index (χ1) is 17.7.